The van der Waals surface area contributed by atoms with Crippen molar-refractivity contribution in [1.82, 2.24) is 4.90 Å². The number of carbonyl (C=O) groups is 1. The Morgan fingerprint density at radius 3 is 2.78 bits per heavy atom. The Labute approximate surface area is 190 Å². The number of hydrogen-bond donors (Lipinski definition) is 3. The molecular formula is C23H25N3O5S. The molecule has 5 atom stereocenters. The molecule has 2 heterocycles. The fraction of sp³-hybridized carbons (Fsp3) is 0.391. The van der Waals surface area contributed by atoms with E-state index in [2.05, 4.69) is 10.3 Å². The molecule has 0 bridgehead atoms. The lowest BCUT2D eigenvalue weighted by molar-refractivity contribution is -0.139. The molecular weight excluding hydrogens is 430 g/mol. The van der Waals surface area contributed by atoms with E-state index >= 15 is 0 Å². The second kappa shape index (κ2) is 8.65. The molecule has 2 aromatic carbocycles. The van der Waals surface area contributed by atoms with Crippen molar-refractivity contribution in [3.8, 4) is 11.5 Å². The second-order valence-electron chi connectivity index (χ2n) is 8.28. The lowest BCUT2D eigenvalue weighted by Gasteiger charge is -2.38. The molecule has 168 valence electrons. The van der Waals surface area contributed by atoms with Crippen LogP contribution in [0.4, 0.5) is 5.69 Å². The van der Waals surface area contributed by atoms with E-state index < -0.39 is 24.2 Å². The average Bonchev–Trinajstić information content (AvgIpc) is 3.43. The molecule has 0 saturated heterocycles. The molecule has 1 aliphatic carbocycles. The number of amidine groups is 1. The van der Waals surface area contributed by atoms with Gasteiger partial charge in [-0.1, -0.05) is 42.1 Å². The minimum Gasteiger partial charge on any atom is -0.454 e. The largest absolute Gasteiger partial charge is 0.454 e. The zero-order chi connectivity index (χ0) is 22.2. The van der Waals surface area contributed by atoms with Crippen molar-refractivity contribution in [1.29, 1.82) is 0 Å². The van der Waals surface area contributed by atoms with Crippen LogP contribution in [0.3, 0.4) is 0 Å². The summed E-state index contributed by atoms with van der Waals surface area (Å²) in [7, 11) is 1.77. The quantitative estimate of drug-likeness (QED) is 0.648. The van der Waals surface area contributed by atoms with Crippen LogP contribution < -0.4 is 14.8 Å². The highest BCUT2D eigenvalue weighted by atomic mass is 32.2. The summed E-state index contributed by atoms with van der Waals surface area (Å²) in [5.41, 5.74) is 1.81. The predicted molar refractivity (Wildman–Crippen MR) is 122 cm³/mol. The zero-order valence-corrected chi connectivity index (χ0v) is 18.4. The number of anilines is 1. The highest BCUT2D eigenvalue weighted by Gasteiger charge is 2.50. The third-order valence-corrected chi connectivity index (χ3v) is 7.38. The minimum atomic E-state index is -1.01. The van der Waals surface area contributed by atoms with E-state index in [0.29, 0.717) is 23.2 Å². The first-order valence-electron chi connectivity index (χ1n) is 10.6. The molecule has 8 nitrogen and oxygen atoms in total. The van der Waals surface area contributed by atoms with Crippen LogP contribution in [0.5, 0.6) is 11.5 Å². The van der Waals surface area contributed by atoms with Crippen molar-refractivity contribution in [3.63, 3.8) is 0 Å². The summed E-state index contributed by atoms with van der Waals surface area (Å²) in [6.07, 6.45) is -1.79. The third kappa shape index (κ3) is 4.03. The molecule has 1 fully saturated rings. The maximum Gasteiger partial charge on any atom is 0.231 e. The van der Waals surface area contributed by atoms with Crippen LogP contribution in [0, 0.1) is 5.92 Å². The van der Waals surface area contributed by atoms with Gasteiger partial charge in [0.1, 0.15) is 6.10 Å². The van der Waals surface area contributed by atoms with Crippen molar-refractivity contribution in [2.45, 2.75) is 36.5 Å². The molecule has 0 spiro atoms. The number of carbonyl (C=O) groups excluding carboxylic acids is 1. The van der Waals surface area contributed by atoms with E-state index in [-0.39, 0.29) is 24.4 Å². The first kappa shape index (κ1) is 21.1. The van der Waals surface area contributed by atoms with Gasteiger partial charge in [0, 0.05) is 30.6 Å². The predicted octanol–water partition coefficient (Wildman–Crippen LogP) is 2.07. The Hall–Kier alpha value is -2.75. The summed E-state index contributed by atoms with van der Waals surface area (Å²) in [5, 5.41) is 24.6. The van der Waals surface area contributed by atoms with Gasteiger partial charge in [-0.25, -0.2) is 0 Å². The molecule has 0 unspecified atom stereocenters. The molecule has 9 heteroatoms. The Bertz CT molecular complexity index is 1030. The number of aliphatic imine (C=N–C) groups is 1. The van der Waals surface area contributed by atoms with Gasteiger partial charge in [-0.05, 0) is 24.1 Å². The van der Waals surface area contributed by atoms with E-state index in [0.717, 1.165) is 11.3 Å². The Morgan fingerprint density at radius 1 is 1.19 bits per heavy atom. The monoisotopic (exact) mass is 455 g/mol. The van der Waals surface area contributed by atoms with Gasteiger partial charge in [0.2, 0.25) is 12.7 Å². The average molecular weight is 456 g/mol. The van der Waals surface area contributed by atoms with Crippen molar-refractivity contribution in [2.75, 3.05) is 19.2 Å². The van der Waals surface area contributed by atoms with Crippen LogP contribution in [0.2, 0.25) is 0 Å². The van der Waals surface area contributed by atoms with Crippen LogP contribution >= 0.6 is 11.8 Å². The number of ether oxygens (including phenoxy) is 2. The van der Waals surface area contributed by atoms with E-state index in [9.17, 15) is 15.0 Å². The van der Waals surface area contributed by atoms with Crippen LogP contribution in [0.1, 0.15) is 12.0 Å². The molecule has 1 saturated carbocycles. The minimum absolute atomic E-state index is 0.0539. The third-order valence-electron chi connectivity index (χ3n) is 6.07. The summed E-state index contributed by atoms with van der Waals surface area (Å²) >= 11 is 1.44. The lowest BCUT2D eigenvalue weighted by atomic mass is 9.80. The highest BCUT2D eigenvalue weighted by molar-refractivity contribution is 8.15. The number of thioether (sulfide) groups is 1. The summed E-state index contributed by atoms with van der Waals surface area (Å²) in [6, 6.07) is 14.7. The number of aliphatic hydroxyl groups excluding tert-OH is 2. The normalized spacial score (nSPS) is 28.1. The summed E-state index contributed by atoms with van der Waals surface area (Å²) in [5.74, 6) is 0.844. The van der Waals surface area contributed by atoms with Crippen LogP contribution in [0.15, 0.2) is 53.5 Å². The summed E-state index contributed by atoms with van der Waals surface area (Å²) < 4.78 is 10.8. The number of benzene rings is 2. The Morgan fingerprint density at radius 2 is 1.97 bits per heavy atom. The number of rotatable bonds is 4. The van der Waals surface area contributed by atoms with Crippen molar-refractivity contribution in [2.24, 2.45) is 10.9 Å². The van der Waals surface area contributed by atoms with Crippen molar-refractivity contribution in [3.05, 3.63) is 54.1 Å². The number of nitrogens with one attached hydrogen (secondary N) is 1. The standard InChI is InChI=1S/C23H25N3O5S/c1-26(11-13-5-3-2-4-6-13)22(29)15-10-16(27)20(28)19-21(15)32-23(25-19)24-14-7-8-17-18(9-14)31-12-30-17/h2-9,15-16,19-21,27-28H,10-12H2,1H3,(H,24,25)/t15-,16-,19-,20+,21-/m1/s1. The SMILES string of the molecule is CN(Cc1ccccc1)C(=O)[C@@H]1C[C@@H](O)[C@H](O)[C@H]2N=C(Nc3ccc4c(c3)OCO4)S[C@@H]21. The highest BCUT2D eigenvalue weighted by Crippen LogP contribution is 2.42. The first-order valence-corrected chi connectivity index (χ1v) is 11.4. The van der Waals surface area contributed by atoms with Gasteiger partial charge >= 0.3 is 0 Å². The number of aliphatic hydroxyl groups is 2. The molecule has 0 radical (unpaired) electrons. The van der Waals surface area contributed by atoms with E-state index in [4.69, 9.17) is 9.47 Å². The van der Waals surface area contributed by atoms with Gasteiger partial charge in [-0.2, -0.15) is 0 Å². The van der Waals surface area contributed by atoms with Crippen LogP contribution in [-0.2, 0) is 11.3 Å². The smallest absolute Gasteiger partial charge is 0.231 e. The maximum atomic E-state index is 13.3. The van der Waals surface area contributed by atoms with Gasteiger partial charge < -0.3 is 29.9 Å². The molecule has 1 amide bonds. The lowest BCUT2D eigenvalue weighted by Crippen LogP contribution is -2.54. The van der Waals surface area contributed by atoms with Gasteiger partial charge in [0.15, 0.2) is 16.7 Å². The van der Waals surface area contributed by atoms with Crippen LogP contribution in [-0.4, -0.2) is 63.5 Å². The Kier molecular flexibility index (Phi) is 5.71. The van der Waals surface area contributed by atoms with Crippen molar-refractivity contribution >= 4 is 28.5 Å². The van der Waals surface area contributed by atoms with Gasteiger partial charge in [-0.15, -0.1) is 0 Å². The van der Waals surface area contributed by atoms with Gasteiger partial charge in [-0.3, -0.25) is 9.79 Å². The van der Waals surface area contributed by atoms with Gasteiger partial charge in [0.05, 0.1) is 18.1 Å². The Balaban J connectivity index is 1.31. The molecule has 3 aliphatic rings. The summed E-state index contributed by atoms with van der Waals surface area (Å²) in [6.45, 7) is 0.684. The summed E-state index contributed by atoms with van der Waals surface area (Å²) in [4.78, 5) is 19.6. The number of fused-ring (bicyclic) bond motifs is 2. The molecule has 2 aliphatic heterocycles. The topological polar surface area (TPSA) is 104 Å². The van der Waals surface area contributed by atoms with E-state index in [1.807, 2.05) is 48.5 Å². The fourth-order valence-corrected chi connectivity index (χ4v) is 5.78. The van der Waals surface area contributed by atoms with E-state index in [1.54, 1.807) is 11.9 Å². The second-order valence-corrected chi connectivity index (χ2v) is 9.45. The molecule has 3 N–H and O–H groups in total. The first-order chi connectivity index (χ1) is 15.5. The fourth-order valence-electron chi connectivity index (χ4n) is 4.41. The zero-order valence-electron chi connectivity index (χ0n) is 17.5. The molecule has 5 rings (SSSR count). The molecule has 0 aromatic heterocycles. The molecule has 2 aromatic rings. The van der Waals surface area contributed by atoms with Gasteiger partial charge in [0.25, 0.3) is 0 Å². The van der Waals surface area contributed by atoms with E-state index in [1.165, 1.54) is 11.8 Å². The number of amides is 1. The molecule has 32 heavy (non-hydrogen) atoms. The number of nitrogens with zero attached hydrogens (tertiary/aromatic N) is 2. The number of hydrogen-bond acceptors (Lipinski definition) is 8. The van der Waals surface area contributed by atoms with Crippen LogP contribution in [0.25, 0.3) is 0 Å². The van der Waals surface area contributed by atoms with Crippen molar-refractivity contribution < 1.29 is 24.5 Å². The maximum absolute atomic E-state index is 13.3.